The highest BCUT2D eigenvalue weighted by molar-refractivity contribution is 6.54. The van der Waals surface area contributed by atoms with Gasteiger partial charge in [-0.2, -0.15) is 0 Å². The van der Waals surface area contributed by atoms with E-state index in [2.05, 4.69) is 82.4 Å². The van der Waals surface area contributed by atoms with Crippen LogP contribution in [0.1, 0.15) is 172 Å². The van der Waals surface area contributed by atoms with Crippen molar-refractivity contribution in [1.29, 1.82) is 0 Å². The van der Waals surface area contributed by atoms with E-state index in [-0.39, 0.29) is 33.9 Å². The molecule has 6 rings (SSSR count). The first-order chi connectivity index (χ1) is 33.3. The summed E-state index contributed by atoms with van der Waals surface area (Å²) in [5.74, 6) is 0.951. The predicted molar refractivity (Wildman–Crippen MR) is 276 cm³/mol. The lowest BCUT2D eigenvalue weighted by atomic mass is 9.82. The van der Waals surface area contributed by atoms with E-state index in [1.54, 1.807) is 12.2 Å². The molecule has 0 N–H and O–H groups in total. The fourth-order valence-electron chi connectivity index (χ4n) is 9.57. The van der Waals surface area contributed by atoms with Gasteiger partial charge in [0.15, 0.2) is 0 Å². The Balaban J connectivity index is 0.000000226. The molecule has 0 aromatic rings. The molecule has 4 unspecified atom stereocenters. The van der Waals surface area contributed by atoms with Crippen molar-refractivity contribution in [3.8, 4) is 0 Å². The fraction of sp³-hybridized carbons (Fsp3) is 0.923. The van der Waals surface area contributed by atoms with E-state index in [1.807, 2.05) is 0 Å². The molecule has 0 aromatic carbocycles. The lowest BCUT2D eigenvalue weighted by Gasteiger charge is -2.47. The maximum Gasteiger partial charge on any atom is 0.680 e. The first-order valence-corrected chi connectivity index (χ1v) is 32.3. The molecule has 4 atom stereocenters. The molecule has 6 aliphatic rings. The van der Waals surface area contributed by atoms with E-state index < -0.39 is 27.1 Å². The Morgan fingerprint density at radius 1 is 0.435 bits per heavy atom. The van der Waals surface area contributed by atoms with Gasteiger partial charge in [0.2, 0.25) is 0 Å². The summed E-state index contributed by atoms with van der Waals surface area (Å²) >= 11 is 0. The quantitative estimate of drug-likeness (QED) is 0.0516. The molecule has 69 heavy (non-hydrogen) atoms. The highest BCUT2D eigenvalue weighted by Gasteiger charge is 2.60. The zero-order chi connectivity index (χ0) is 50.3. The molecule has 0 aromatic heterocycles. The Morgan fingerprint density at radius 2 is 0.754 bits per heavy atom. The van der Waals surface area contributed by atoms with Crippen LogP contribution in [-0.2, 0) is 62.6 Å². The van der Waals surface area contributed by atoms with Crippen LogP contribution in [0.2, 0.25) is 0 Å². The summed E-state index contributed by atoms with van der Waals surface area (Å²) in [6.07, 6.45) is 21.7. The third-order valence-electron chi connectivity index (χ3n) is 15.6. The molecule has 14 nitrogen and oxygen atoms in total. The lowest BCUT2D eigenvalue weighted by Crippen LogP contribution is -2.63. The van der Waals surface area contributed by atoms with Gasteiger partial charge in [-0.1, -0.05) is 120 Å². The number of rotatable bonds is 24. The number of ether oxygens (including phenoxy) is 2. The van der Waals surface area contributed by atoms with E-state index in [1.165, 1.54) is 38.5 Å². The van der Waals surface area contributed by atoms with Gasteiger partial charge in [-0.3, -0.25) is 0 Å². The summed E-state index contributed by atoms with van der Waals surface area (Å²) in [7, 11) is -8.77. The largest absolute Gasteiger partial charge is 0.680 e. The van der Waals surface area contributed by atoms with Gasteiger partial charge in [-0.15, -0.1) is 13.2 Å². The van der Waals surface area contributed by atoms with Crippen molar-refractivity contribution < 1.29 is 62.6 Å². The highest BCUT2D eigenvalue weighted by Crippen LogP contribution is 2.43. The molecule has 404 valence electrons. The van der Waals surface area contributed by atoms with Gasteiger partial charge in [-0.05, 0) is 64.2 Å². The zero-order valence-electron chi connectivity index (χ0n) is 45.3. The Kier molecular flexibility index (Phi) is 26.8. The molecule has 6 heterocycles. The maximum atomic E-state index is 6.30. The van der Waals surface area contributed by atoms with Gasteiger partial charge >= 0.3 is 27.1 Å². The van der Waals surface area contributed by atoms with E-state index in [0.29, 0.717) is 64.7 Å². The summed E-state index contributed by atoms with van der Waals surface area (Å²) in [5.41, 5.74) is 0.00561. The van der Waals surface area contributed by atoms with Gasteiger partial charge in [0.05, 0.1) is 65.1 Å². The Labute approximate surface area is 423 Å². The van der Waals surface area contributed by atoms with E-state index >= 15 is 0 Å². The summed E-state index contributed by atoms with van der Waals surface area (Å²) < 4.78 is 84.5. The third kappa shape index (κ3) is 17.3. The Bertz CT molecular complexity index is 1300. The van der Waals surface area contributed by atoms with Crippen molar-refractivity contribution >= 4 is 27.1 Å². The molecule has 3 spiro atoms. The van der Waals surface area contributed by atoms with Crippen molar-refractivity contribution in [2.75, 3.05) is 92.5 Å². The molecule has 0 amide bonds. The van der Waals surface area contributed by atoms with Gasteiger partial charge in [0, 0.05) is 73.1 Å². The van der Waals surface area contributed by atoms with Crippen LogP contribution in [0.25, 0.3) is 0 Å². The molecule has 17 heteroatoms. The SMILES string of the molecule is C=CCOCC1(CC)CO[Si]2(OC1)OCC(CC)(COCC=C)CO2.CCCC1O[Si]2(OCC1CC)OCC(CC)C(CCC)O2.CCCCC1(CC)CO[Si]2(OC1)OCC(CC)(CCCC)CO2. The Hall–Kier alpha value is -0.429. The van der Waals surface area contributed by atoms with Crippen molar-refractivity contribution in [3.05, 3.63) is 25.3 Å². The van der Waals surface area contributed by atoms with Crippen molar-refractivity contribution in [2.45, 2.75) is 184 Å². The van der Waals surface area contributed by atoms with E-state index in [4.69, 9.17) is 62.6 Å². The second kappa shape index (κ2) is 30.2. The van der Waals surface area contributed by atoms with Crippen molar-refractivity contribution in [3.63, 3.8) is 0 Å². The van der Waals surface area contributed by atoms with Gasteiger partial charge in [0.1, 0.15) is 0 Å². The standard InChI is InChI=1S/C18H32O6Si.C18H36O4Si.C16H32O4Si/c1-5-9-19-11-17(7-3)13-21-25(22-14-17)23-15-18(8-4,16-24-25)12-20-10-6-2;1-5-9-11-17(7-3)13-19-23(20-14-17)21-15-18(8-4,16-22-23)12-10-6-2;1-5-9-15-13(7-3)11-17-21(19-15)18-12-14(8-4)16(20-21)10-6-2/h5-6H,1-2,7-16H2,3-4H3;5-16H2,1-4H3;13-16H,5-12H2,1-4H3. The van der Waals surface area contributed by atoms with Gasteiger partial charge in [0.25, 0.3) is 0 Å². The monoisotopic (exact) mass is 1030 g/mol. The maximum absolute atomic E-state index is 6.30. The molecule has 0 aliphatic carbocycles. The summed E-state index contributed by atoms with van der Waals surface area (Å²) in [6, 6.07) is 0. The zero-order valence-corrected chi connectivity index (χ0v) is 48.3. The minimum absolute atomic E-state index is 0.152. The average Bonchev–Trinajstić information content (AvgIpc) is 3.39. The molecule has 6 saturated heterocycles. The van der Waals surface area contributed by atoms with E-state index in [0.717, 1.165) is 104 Å². The minimum atomic E-state index is -3.03. The fourth-order valence-corrected chi connectivity index (χ4v) is 17.0. The van der Waals surface area contributed by atoms with E-state index in [9.17, 15) is 0 Å². The van der Waals surface area contributed by atoms with Crippen LogP contribution < -0.4 is 0 Å². The second-order valence-corrected chi connectivity index (χ2v) is 27.2. The van der Waals surface area contributed by atoms with Crippen LogP contribution in [0.3, 0.4) is 0 Å². The first kappa shape index (κ1) is 61.1. The molecule has 0 bridgehead atoms. The first-order valence-electron chi connectivity index (χ1n) is 27.4. The summed E-state index contributed by atoms with van der Waals surface area (Å²) in [5, 5.41) is 0. The van der Waals surface area contributed by atoms with Gasteiger partial charge < -0.3 is 62.6 Å². The predicted octanol–water partition coefficient (Wildman–Crippen LogP) is 11.3. The van der Waals surface area contributed by atoms with Crippen molar-refractivity contribution in [1.82, 2.24) is 0 Å². The molecular formula is C52H100O14Si3. The van der Waals surface area contributed by atoms with Gasteiger partial charge in [-0.25, -0.2) is 0 Å². The Morgan fingerprint density at radius 3 is 1.01 bits per heavy atom. The van der Waals surface area contributed by atoms with Crippen LogP contribution in [-0.4, -0.2) is 132 Å². The van der Waals surface area contributed by atoms with Crippen LogP contribution in [0.4, 0.5) is 0 Å². The average molecular weight is 1030 g/mol. The van der Waals surface area contributed by atoms with Crippen molar-refractivity contribution in [2.24, 2.45) is 33.5 Å². The molecule has 6 fully saturated rings. The van der Waals surface area contributed by atoms with Crippen LogP contribution in [0.5, 0.6) is 0 Å². The molecule has 0 radical (unpaired) electrons. The normalized spacial score (nSPS) is 37.9. The topological polar surface area (TPSA) is 129 Å². The summed E-state index contributed by atoms with van der Waals surface area (Å²) in [4.78, 5) is 0. The number of unbranched alkanes of at least 4 members (excludes halogenated alkanes) is 2. The molecule has 6 aliphatic heterocycles. The third-order valence-corrected chi connectivity index (χ3v) is 21.8. The second-order valence-electron chi connectivity index (χ2n) is 20.9. The number of hydrogen-bond acceptors (Lipinski definition) is 14. The minimum Gasteiger partial charge on any atom is -0.377 e. The lowest BCUT2D eigenvalue weighted by molar-refractivity contribution is -0.177. The number of hydrogen-bond donors (Lipinski definition) is 0. The van der Waals surface area contributed by atoms with Crippen LogP contribution >= 0.6 is 0 Å². The van der Waals surface area contributed by atoms with Crippen LogP contribution in [0, 0.1) is 33.5 Å². The molecule has 0 saturated carbocycles. The highest BCUT2D eigenvalue weighted by atomic mass is 28.4. The van der Waals surface area contributed by atoms with Crippen LogP contribution in [0.15, 0.2) is 25.3 Å². The summed E-state index contributed by atoms with van der Waals surface area (Å²) in [6.45, 7) is 38.0. The smallest absolute Gasteiger partial charge is 0.377 e. The molecular weight excluding hydrogens is 933 g/mol.